The second kappa shape index (κ2) is 35.2. The highest BCUT2D eigenvalue weighted by atomic mass is 35.5. The lowest BCUT2D eigenvalue weighted by molar-refractivity contribution is -0.254. The molecular weight excluding hydrogens is 1150 g/mol. The second-order valence-corrected chi connectivity index (χ2v) is 21.0. The summed E-state index contributed by atoms with van der Waals surface area (Å²) in [6.07, 6.45) is 6.65. The number of nitrogens with two attached hydrogens (primary N) is 1. The Hall–Kier alpha value is -10.1. The van der Waals surface area contributed by atoms with Crippen LogP contribution in [0.25, 0.3) is 0 Å². The van der Waals surface area contributed by atoms with Gasteiger partial charge in [0.1, 0.15) is 51.5 Å². The van der Waals surface area contributed by atoms with Gasteiger partial charge in [-0.05, 0) is 196 Å². The van der Waals surface area contributed by atoms with Crippen LogP contribution in [0.15, 0.2) is 180 Å². The van der Waals surface area contributed by atoms with Gasteiger partial charge in [0, 0.05) is 40.6 Å². The van der Waals surface area contributed by atoms with Gasteiger partial charge in [-0.1, -0.05) is 0 Å². The summed E-state index contributed by atoms with van der Waals surface area (Å²) in [7, 11) is 0. The van der Waals surface area contributed by atoms with Crippen LogP contribution in [-0.4, -0.2) is 73.7 Å². The minimum atomic E-state index is -0.545. The molecule has 0 unspecified atom stereocenters. The predicted molar refractivity (Wildman–Crippen MR) is 326 cm³/mol. The SMILES string of the molecule is CC(C)(C)OC(=O)Nc1ccc(N)cc1.CC(C)(C)OC(=O)Nc1ccc(N=Cc2ccc(F)cn2)cc1.CC(C)(C)OC(=O)Nc1ccc(N=Cc2ccc(F)cn2)cc1.O=Cc1ccc(F)cn1.[Cl-].[NH3+]c1ccc(NCc2ccc(F)cn2)cc1. The van der Waals surface area contributed by atoms with Crippen LogP contribution in [0.1, 0.15) is 89.9 Å². The van der Waals surface area contributed by atoms with E-state index < -0.39 is 40.9 Å². The highest BCUT2D eigenvalue weighted by molar-refractivity contribution is 5.87. The fourth-order valence-corrected chi connectivity index (χ4v) is 6.08. The molecule has 4 heterocycles. The molecule has 0 saturated heterocycles. The van der Waals surface area contributed by atoms with Crippen LogP contribution in [0.5, 0.6) is 0 Å². The van der Waals surface area contributed by atoms with Gasteiger partial charge in [-0.25, -0.2) is 31.9 Å². The third-order valence-corrected chi connectivity index (χ3v) is 9.86. The standard InChI is InChI=1S/2C17H18FN3O2.C12H12FN3.C11H16N2O2.C6H4FNO.ClH/c2*1-17(2,3)23-16(22)21-14-8-6-13(7-9-14)20-11-15-5-4-12(18)10-19-15;13-9-1-4-12(15-7-9)8-16-11-5-2-10(14)3-6-11;1-11(2,3)15-10(14)13-9-6-4-8(12)5-7-9;7-5-1-2-6(4-9)8-3-5;/h2*4-11H,1-3H3,(H,21,22);1-7,16H,8,14H2;4-7H,12H2,1-3H3,(H,13,14);1-4H;1H. The number of aromatic nitrogens is 4. The molecule has 19 nitrogen and oxygen atoms in total. The van der Waals surface area contributed by atoms with Crippen LogP contribution < -0.4 is 45.1 Å². The molecule has 87 heavy (non-hydrogen) atoms. The number of aldehydes is 1. The number of hydrogen-bond donors (Lipinski definition) is 6. The van der Waals surface area contributed by atoms with E-state index >= 15 is 0 Å². The Morgan fingerprint density at radius 3 is 1.10 bits per heavy atom. The van der Waals surface area contributed by atoms with Gasteiger partial charge in [0.25, 0.3) is 0 Å². The maximum atomic E-state index is 12.7. The zero-order valence-electron chi connectivity index (χ0n) is 49.3. The number of rotatable bonds is 11. The van der Waals surface area contributed by atoms with Gasteiger partial charge in [0.15, 0.2) is 6.29 Å². The number of hydrogen-bond acceptors (Lipinski definition) is 15. The predicted octanol–water partition coefficient (Wildman–Crippen LogP) is 11.0. The molecule has 8 rings (SSSR count). The Kier molecular flexibility index (Phi) is 28.8. The van der Waals surface area contributed by atoms with Crippen molar-refractivity contribution < 1.29 is 69.1 Å². The summed E-state index contributed by atoms with van der Waals surface area (Å²) < 4.78 is 65.6. The van der Waals surface area contributed by atoms with Crippen molar-refractivity contribution in [1.82, 2.24) is 19.9 Å². The topological polar surface area (TPSA) is 274 Å². The van der Waals surface area contributed by atoms with Gasteiger partial charge < -0.3 is 43.4 Å². The number of pyridine rings is 4. The molecule has 458 valence electrons. The van der Waals surface area contributed by atoms with Crippen LogP contribution in [-0.2, 0) is 20.8 Å². The van der Waals surface area contributed by atoms with E-state index in [-0.39, 0.29) is 35.6 Å². The van der Waals surface area contributed by atoms with Crippen molar-refractivity contribution in [2.45, 2.75) is 85.7 Å². The fourth-order valence-electron chi connectivity index (χ4n) is 6.08. The van der Waals surface area contributed by atoms with Crippen molar-refractivity contribution in [3.05, 3.63) is 216 Å². The van der Waals surface area contributed by atoms with Crippen LogP contribution in [0, 0.1) is 23.3 Å². The lowest BCUT2D eigenvalue weighted by Crippen LogP contribution is -3.00. The molecule has 0 bridgehead atoms. The van der Waals surface area contributed by atoms with Gasteiger partial charge >= 0.3 is 18.3 Å². The van der Waals surface area contributed by atoms with Crippen molar-refractivity contribution in [3.63, 3.8) is 0 Å². The van der Waals surface area contributed by atoms with Crippen molar-refractivity contribution >= 4 is 82.5 Å². The first-order valence-corrected chi connectivity index (χ1v) is 26.3. The number of aliphatic imine (C=N–C) groups is 2. The number of ether oxygens (including phenoxy) is 3. The number of carbonyl (C=O) groups is 4. The minimum Gasteiger partial charge on any atom is -1.00 e. The van der Waals surface area contributed by atoms with Gasteiger partial charge in [0.2, 0.25) is 0 Å². The van der Waals surface area contributed by atoms with Crippen molar-refractivity contribution in [3.8, 4) is 0 Å². The number of anilines is 5. The average Bonchev–Trinajstić information content (AvgIpc) is 3.66. The summed E-state index contributed by atoms with van der Waals surface area (Å²) in [6.45, 7) is 16.8. The Bertz CT molecular complexity index is 3250. The highest BCUT2D eigenvalue weighted by Gasteiger charge is 2.18. The molecule has 0 aliphatic heterocycles. The molecule has 0 fully saturated rings. The summed E-state index contributed by atoms with van der Waals surface area (Å²) in [6, 6.07) is 39.8. The number of nitrogen functional groups attached to an aromatic ring is 1. The Morgan fingerprint density at radius 2 is 0.793 bits per heavy atom. The Morgan fingerprint density at radius 1 is 0.471 bits per heavy atom. The highest BCUT2D eigenvalue weighted by Crippen LogP contribution is 2.20. The van der Waals surface area contributed by atoms with E-state index in [2.05, 4.69) is 56.9 Å². The van der Waals surface area contributed by atoms with Gasteiger partial charge in [-0.15, -0.1) is 0 Å². The van der Waals surface area contributed by atoms with Crippen molar-refractivity contribution in [2.75, 3.05) is 27.0 Å². The number of carbonyl (C=O) groups excluding carboxylic acids is 4. The zero-order chi connectivity index (χ0) is 63.3. The van der Waals surface area contributed by atoms with Crippen molar-refractivity contribution in [1.29, 1.82) is 0 Å². The van der Waals surface area contributed by atoms with Gasteiger partial charge in [0.05, 0.1) is 72.2 Å². The molecule has 24 heteroatoms. The van der Waals surface area contributed by atoms with Gasteiger partial charge in [-0.2, -0.15) is 0 Å². The van der Waals surface area contributed by atoms with E-state index in [9.17, 15) is 36.7 Å². The first-order valence-electron chi connectivity index (χ1n) is 26.3. The van der Waals surface area contributed by atoms with E-state index in [0.717, 1.165) is 35.7 Å². The lowest BCUT2D eigenvalue weighted by Gasteiger charge is -2.19. The molecule has 0 aliphatic carbocycles. The number of benzene rings is 4. The largest absolute Gasteiger partial charge is 1.00 e. The number of amides is 3. The maximum Gasteiger partial charge on any atom is 0.412 e. The number of quaternary nitrogens is 1. The zero-order valence-corrected chi connectivity index (χ0v) is 50.1. The number of halogens is 5. The Balaban J connectivity index is 0.000000292. The van der Waals surface area contributed by atoms with Crippen molar-refractivity contribution in [2.24, 2.45) is 9.98 Å². The summed E-state index contributed by atoms with van der Waals surface area (Å²) >= 11 is 0. The smallest absolute Gasteiger partial charge is 0.412 e. The molecule has 4 aromatic carbocycles. The Labute approximate surface area is 508 Å². The molecule has 0 atom stereocenters. The van der Waals surface area contributed by atoms with E-state index in [0.29, 0.717) is 58.3 Å². The first kappa shape index (κ1) is 71.1. The van der Waals surface area contributed by atoms with E-state index in [1.54, 1.807) is 120 Å². The maximum absolute atomic E-state index is 12.7. The van der Waals surface area contributed by atoms with E-state index in [1.807, 2.05) is 45.0 Å². The lowest BCUT2D eigenvalue weighted by atomic mass is 10.2. The molecule has 4 aromatic heterocycles. The van der Waals surface area contributed by atoms with Crippen LogP contribution in [0.4, 0.5) is 77.4 Å². The van der Waals surface area contributed by atoms with Gasteiger partial charge in [-0.3, -0.25) is 50.7 Å². The summed E-state index contributed by atoms with van der Waals surface area (Å²) in [5.74, 6) is -1.52. The summed E-state index contributed by atoms with van der Waals surface area (Å²) in [5.41, 5.74) is 15.8. The molecule has 9 N–H and O–H groups in total. The van der Waals surface area contributed by atoms with Crippen LogP contribution >= 0.6 is 0 Å². The third kappa shape index (κ3) is 31.9. The number of nitrogens with one attached hydrogen (secondary N) is 4. The first-order chi connectivity index (χ1) is 40.6. The molecule has 0 radical (unpaired) electrons. The molecule has 0 spiro atoms. The molecule has 0 aliphatic rings. The van der Waals surface area contributed by atoms with E-state index in [1.165, 1.54) is 61.1 Å². The van der Waals surface area contributed by atoms with Crippen LogP contribution in [0.3, 0.4) is 0 Å². The molecule has 0 saturated carbocycles. The average molecular weight is 1220 g/mol. The van der Waals surface area contributed by atoms with E-state index in [4.69, 9.17) is 19.9 Å². The summed E-state index contributed by atoms with van der Waals surface area (Å²) in [5, 5.41) is 11.1. The third-order valence-electron chi connectivity index (χ3n) is 9.86. The second-order valence-electron chi connectivity index (χ2n) is 21.0. The number of nitrogens with zero attached hydrogens (tertiary/aromatic N) is 6. The molecule has 8 aromatic rings. The minimum absolute atomic E-state index is 0. The molecular formula is C63H69ClF4N12O7. The van der Waals surface area contributed by atoms with Crippen LogP contribution in [0.2, 0.25) is 0 Å². The normalized spacial score (nSPS) is 10.7. The molecule has 3 amide bonds. The quantitative estimate of drug-likeness (QED) is 0.0231. The summed E-state index contributed by atoms with van der Waals surface area (Å²) in [4.78, 5) is 68.2. The monoisotopic (exact) mass is 1220 g/mol. The fraction of sp³-hybridized carbons (Fsp3) is 0.206.